The van der Waals surface area contributed by atoms with Gasteiger partial charge < -0.3 is 13.9 Å². The van der Waals surface area contributed by atoms with E-state index in [1.165, 1.54) is 5.56 Å². The fraction of sp³-hybridized carbons (Fsp3) is 0.350. The first-order valence-corrected chi connectivity index (χ1v) is 8.96. The number of oxazole rings is 1. The lowest BCUT2D eigenvalue weighted by Crippen LogP contribution is -2.40. The molecule has 4 rings (SSSR count). The van der Waals surface area contributed by atoms with Gasteiger partial charge in [0.1, 0.15) is 5.76 Å². The number of carbonyl (C=O) groups is 1. The van der Waals surface area contributed by atoms with Crippen molar-refractivity contribution in [3.63, 3.8) is 0 Å². The number of imidazole rings is 1. The van der Waals surface area contributed by atoms with E-state index >= 15 is 0 Å². The minimum Gasteiger partial charge on any atom is -0.445 e. The zero-order valence-electron chi connectivity index (χ0n) is 14.8. The van der Waals surface area contributed by atoms with Crippen LogP contribution in [0.2, 0.25) is 0 Å². The molecule has 134 valence electrons. The number of benzene rings is 1. The summed E-state index contributed by atoms with van der Waals surface area (Å²) in [5.41, 5.74) is 1.20. The van der Waals surface area contributed by atoms with Crippen LogP contribution in [0.5, 0.6) is 0 Å². The van der Waals surface area contributed by atoms with Crippen LogP contribution in [0.15, 0.2) is 53.3 Å². The quantitative estimate of drug-likeness (QED) is 0.725. The molecule has 6 nitrogen and oxygen atoms in total. The maximum Gasteiger partial charge on any atom is 0.289 e. The van der Waals surface area contributed by atoms with Gasteiger partial charge in [0.2, 0.25) is 0 Å². The number of aryl methyl sites for hydroxylation is 1. The fourth-order valence-electron chi connectivity index (χ4n) is 3.47. The van der Waals surface area contributed by atoms with Crippen LogP contribution < -0.4 is 0 Å². The first kappa shape index (κ1) is 16.6. The molecule has 2 aromatic heterocycles. The van der Waals surface area contributed by atoms with Crippen molar-refractivity contribution in [2.75, 3.05) is 13.1 Å². The van der Waals surface area contributed by atoms with Crippen LogP contribution in [0.3, 0.4) is 0 Å². The lowest BCUT2D eigenvalue weighted by Gasteiger charge is -2.31. The Hall–Kier alpha value is -2.89. The number of carbonyl (C=O) groups excluding carboxylic acids is 1. The topological polar surface area (TPSA) is 64.2 Å². The molecule has 1 fully saturated rings. The van der Waals surface area contributed by atoms with Crippen molar-refractivity contribution < 1.29 is 9.21 Å². The van der Waals surface area contributed by atoms with Gasteiger partial charge in [0, 0.05) is 39.0 Å². The van der Waals surface area contributed by atoms with Crippen LogP contribution in [0.25, 0.3) is 0 Å². The molecule has 1 saturated heterocycles. The van der Waals surface area contributed by atoms with Crippen LogP contribution in [0, 0.1) is 0 Å². The highest BCUT2D eigenvalue weighted by Crippen LogP contribution is 2.28. The van der Waals surface area contributed by atoms with E-state index in [2.05, 4.69) is 22.1 Å². The lowest BCUT2D eigenvalue weighted by molar-refractivity contribution is 0.0682. The molecule has 0 spiro atoms. The summed E-state index contributed by atoms with van der Waals surface area (Å²) in [5.74, 6) is 2.17. The molecule has 0 unspecified atom stereocenters. The summed E-state index contributed by atoms with van der Waals surface area (Å²) in [5, 5.41) is 0. The number of rotatable bonds is 4. The third-order valence-electron chi connectivity index (χ3n) is 4.86. The Kier molecular flexibility index (Phi) is 4.56. The number of hydrogen-bond donors (Lipinski definition) is 0. The van der Waals surface area contributed by atoms with E-state index in [9.17, 15) is 4.79 Å². The third-order valence-corrected chi connectivity index (χ3v) is 4.86. The summed E-state index contributed by atoms with van der Waals surface area (Å²) >= 11 is 0. The number of piperidine rings is 1. The van der Waals surface area contributed by atoms with Crippen LogP contribution in [-0.2, 0) is 13.5 Å². The summed E-state index contributed by atoms with van der Waals surface area (Å²) in [6.07, 6.45) is 7.91. The van der Waals surface area contributed by atoms with Crippen LogP contribution in [0.4, 0.5) is 0 Å². The minimum absolute atomic E-state index is 0.0294. The number of amides is 1. The van der Waals surface area contributed by atoms with Crippen molar-refractivity contribution >= 4 is 5.91 Å². The van der Waals surface area contributed by atoms with Crippen molar-refractivity contribution in [2.24, 2.45) is 7.05 Å². The molecule has 3 aromatic rings. The molecule has 26 heavy (non-hydrogen) atoms. The summed E-state index contributed by atoms with van der Waals surface area (Å²) < 4.78 is 7.76. The highest BCUT2D eigenvalue weighted by molar-refractivity contribution is 5.90. The molecular weight excluding hydrogens is 328 g/mol. The third kappa shape index (κ3) is 3.40. The van der Waals surface area contributed by atoms with Crippen LogP contribution in [-0.4, -0.2) is 38.4 Å². The summed E-state index contributed by atoms with van der Waals surface area (Å²) in [7, 11) is 1.84. The van der Waals surface area contributed by atoms with Crippen molar-refractivity contribution in [2.45, 2.75) is 25.2 Å². The molecule has 1 amide bonds. The SMILES string of the molecule is Cn1ccnc1C(=O)N1CCC[C@H](c2ncc(Cc3ccccc3)o2)C1. The molecule has 0 radical (unpaired) electrons. The minimum atomic E-state index is -0.0294. The predicted octanol–water partition coefficient (Wildman–Crippen LogP) is 3.02. The van der Waals surface area contributed by atoms with E-state index < -0.39 is 0 Å². The first-order valence-electron chi connectivity index (χ1n) is 8.96. The molecule has 6 heteroatoms. The second-order valence-corrected chi connectivity index (χ2v) is 6.78. The standard InChI is InChI=1S/C20H22N4O2/c1-23-11-9-21-18(23)20(25)24-10-5-8-16(14-24)19-22-13-17(26-19)12-15-6-3-2-4-7-15/h2-4,6-7,9,11,13,16H,5,8,10,12,14H2,1H3/t16-/m0/s1. The first-order chi connectivity index (χ1) is 12.7. The molecule has 3 heterocycles. The number of aromatic nitrogens is 3. The Morgan fingerprint density at radius 2 is 2.12 bits per heavy atom. The van der Waals surface area contributed by atoms with E-state index in [0.29, 0.717) is 12.4 Å². The highest BCUT2D eigenvalue weighted by atomic mass is 16.4. The molecule has 1 atom stereocenters. The van der Waals surface area contributed by atoms with Crippen LogP contribution >= 0.6 is 0 Å². The van der Waals surface area contributed by atoms with Gasteiger partial charge in [0.05, 0.1) is 12.1 Å². The second-order valence-electron chi connectivity index (χ2n) is 6.78. The largest absolute Gasteiger partial charge is 0.445 e. The van der Waals surface area contributed by atoms with Crippen molar-refractivity contribution in [1.29, 1.82) is 0 Å². The van der Waals surface area contributed by atoms with Gasteiger partial charge in [-0.25, -0.2) is 9.97 Å². The molecule has 1 aliphatic heterocycles. The van der Waals surface area contributed by atoms with Gasteiger partial charge in [-0.3, -0.25) is 4.79 Å². The predicted molar refractivity (Wildman–Crippen MR) is 96.8 cm³/mol. The van der Waals surface area contributed by atoms with Gasteiger partial charge in [-0.2, -0.15) is 0 Å². The van der Waals surface area contributed by atoms with Gasteiger partial charge in [0.15, 0.2) is 11.7 Å². The monoisotopic (exact) mass is 350 g/mol. The molecule has 0 aliphatic carbocycles. The molecule has 0 N–H and O–H groups in total. The lowest BCUT2D eigenvalue weighted by atomic mass is 9.98. The van der Waals surface area contributed by atoms with Gasteiger partial charge in [-0.1, -0.05) is 30.3 Å². The van der Waals surface area contributed by atoms with Crippen molar-refractivity contribution in [3.8, 4) is 0 Å². The van der Waals surface area contributed by atoms with E-state index in [4.69, 9.17) is 4.42 Å². The number of likely N-dealkylation sites (tertiary alicyclic amines) is 1. The summed E-state index contributed by atoms with van der Waals surface area (Å²) in [4.78, 5) is 23.2. The van der Waals surface area contributed by atoms with Crippen molar-refractivity contribution in [3.05, 3.63) is 72.0 Å². The number of nitrogens with zero attached hydrogens (tertiary/aromatic N) is 4. The summed E-state index contributed by atoms with van der Waals surface area (Å²) in [6, 6.07) is 10.2. The van der Waals surface area contributed by atoms with Gasteiger partial charge in [0.25, 0.3) is 5.91 Å². The van der Waals surface area contributed by atoms with Gasteiger partial charge >= 0.3 is 0 Å². The smallest absolute Gasteiger partial charge is 0.289 e. The van der Waals surface area contributed by atoms with E-state index in [1.54, 1.807) is 17.0 Å². The molecular formula is C20H22N4O2. The zero-order valence-corrected chi connectivity index (χ0v) is 14.8. The zero-order chi connectivity index (χ0) is 17.9. The van der Waals surface area contributed by atoms with Gasteiger partial charge in [-0.15, -0.1) is 0 Å². The normalized spacial score (nSPS) is 17.4. The summed E-state index contributed by atoms with van der Waals surface area (Å²) in [6.45, 7) is 1.37. The maximum absolute atomic E-state index is 12.7. The Bertz CT molecular complexity index is 884. The van der Waals surface area contributed by atoms with Gasteiger partial charge in [-0.05, 0) is 18.4 Å². The number of hydrogen-bond acceptors (Lipinski definition) is 4. The fourth-order valence-corrected chi connectivity index (χ4v) is 3.47. The van der Waals surface area contributed by atoms with E-state index in [0.717, 1.165) is 37.5 Å². The highest BCUT2D eigenvalue weighted by Gasteiger charge is 2.29. The molecule has 0 bridgehead atoms. The molecule has 1 aliphatic rings. The Morgan fingerprint density at radius 1 is 1.27 bits per heavy atom. The maximum atomic E-state index is 12.7. The Balaban J connectivity index is 1.45. The average Bonchev–Trinajstić information content (AvgIpc) is 3.31. The van der Waals surface area contributed by atoms with E-state index in [1.807, 2.05) is 36.3 Å². The van der Waals surface area contributed by atoms with E-state index in [-0.39, 0.29) is 11.8 Å². The Labute approximate surface area is 152 Å². The molecule has 0 saturated carbocycles. The second kappa shape index (κ2) is 7.15. The Morgan fingerprint density at radius 3 is 2.88 bits per heavy atom. The average molecular weight is 350 g/mol. The van der Waals surface area contributed by atoms with Crippen molar-refractivity contribution in [1.82, 2.24) is 19.4 Å². The molecule has 1 aromatic carbocycles. The van der Waals surface area contributed by atoms with Crippen LogP contribution in [0.1, 0.15) is 46.6 Å².